The van der Waals surface area contributed by atoms with Crippen LogP contribution < -0.4 is 5.32 Å². The number of guanidine groups is 1. The minimum absolute atomic E-state index is 0.0245. The van der Waals surface area contributed by atoms with Crippen molar-refractivity contribution in [3.05, 3.63) is 16.1 Å². The van der Waals surface area contributed by atoms with Crippen molar-refractivity contribution in [2.45, 2.75) is 39.3 Å². The lowest BCUT2D eigenvalue weighted by atomic mass is 10.2. The number of aromatic nitrogens is 1. The Morgan fingerprint density at radius 3 is 2.50 bits per heavy atom. The number of nitrogens with zero attached hydrogens (tertiary/aromatic N) is 5. The molecular weight excluding hydrogens is 348 g/mol. The summed E-state index contributed by atoms with van der Waals surface area (Å²) in [6.07, 6.45) is 2.29. The van der Waals surface area contributed by atoms with Gasteiger partial charge in [0.15, 0.2) is 5.96 Å². The Labute approximate surface area is 160 Å². The molecule has 3 heterocycles. The third-order valence-electron chi connectivity index (χ3n) is 5.21. The number of piperazine rings is 1. The van der Waals surface area contributed by atoms with Crippen LogP contribution in [0.4, 0.5) is 0 Å². The molecule has 1 unspecified atom stereocenters. The number of carbonyl (C=O) groups excluding carboxylic acids is 1. The molecule has 2 saturated heterocycles. The smallest absolute Gasteiger partial charge is 0.239 e. The van der Waals surface area contributed by atoms with E-state index in [0.29, 0.717) is 6.54 Å². The van der Waals surface area contributed by atoms with E-state index in [1.54, 1.807) is 11.3 Å². The van der Waals surface area contributed by atoms with Gasteiger partial charge in [-0.15, -0.1) is 11.3 Å². The molecule has 1 amide bonds. The Kier molecular flexibility index (Phi) is 6.48. The molecule has 3 rings (SSSR count). The average molecular weight is 379 g/mol. The second-order valence-corrected chi connectivity index (χ2v) is 7.96. The van der Waals surface area contributed by atoms with E-state index in [9.17, 15) is 4.79 Å². The molecule has 1 aromatic heterocycles. The number of rotatable bonds is 4. The van der Waals surface area contributed by atoms with Crippen molar-refractivity contribution in [2.24, 2.45) is 4.99 Å². The van der Waals surface area contributed by atoms with E-state index < -0.39 is 0 Å². The first kappa shape index (κ1) is 19.1. The molecule has 0 radical (unpaired) electrons. The molecule has 2 aliphatic rings. The maximum atomic E-state index is 12.6. The topological polar surface area (TPSA) is 64.1 Å². The van der Waals surface area contributed by atoms with Crippen LogP contribution in [0.3, 0.4) is 0 Å². The molecule has 2 aliphatic heterocycles. The predicted octanol–water partition coefficient (Wildman–Crippen LogP) is 1.16. The Hall–Kier alpha value is -1.67. The molecule has 7 nitrogen and oxygen atoms in total. The van der Waals surface area contributed by atoms with Crippen LogP contribution in [0.2, 0.25) is 0 Å². The van der Waals surface area contributed by atoms with Gasteiger partial charge in [-0.3, -0.25) is 14.7 Å². The van der Waals surface area contributed by atoms with Gasteiger partial charge >= 0.3 is 0 Å². The molecule has 0 spiro atoms. The first-order valence-corrected chi connectivity index (χ1v) is 10.4. The number of aryl methyl sites for hydroxylation is 1. The van der Waals surface area contributed by atoms with Crippen LogP contribution in [-0.4, -0.2) is 83.9 Å². The van der Waals surface area contributed by atoms with Crippen LogP contribution in [-0.2, 0) is 11.3 Å². The molecule has 0 saturated carbocycles. The van der Waals surface area contributed by atoms with Crippen molar-refractivity contribution in [1.29, 1.82) is 0 Å². The summed E-state index contributed by atoms with van der Waals surface area (Å²) in [5.41, 5.74) is 1.06. The molecule has 1 atom stereocenters. The summed E-state index contributed by atoms with van der Waals surface area (Å²) < 4.78 is 0. The highest BCUT2D eigenvalue weighted by atomic mass is 32.1. The summed E-state index contributed by atoms with van der Waals surface area (Å²) >= 11 is 1.67. The van der Waals surface area contributed by atoms with Crippen LogP contribution >= 0.6 is 11.3 Å². The molecule has 2 fully saturated rings. The Bertz CT molecular complexity index is 631. The molecule has 0 bridgehead atoms. The zero-order valence-electron chi connectivity index (χ0n) is 16.1. The minimum Gasteiger partial charge on any atom is -0.350 e. The number of carbonyl (C=O) groups is 1. The lowest BCUT2D eigenvalue weighted by molar-refractivity contribution is -0.135. The molecular formula is C18H30N6OS. The van der Waals surface area contributed by atoms with Gasteiger partial charge in [0.1, 0.15) is 5.01 Å². The zero-order chi connectivity index (χ0) is 18.5. The molecule has 1 aromatic rings. The number of aliphatic imine (C=N–C) groups is 1. The normalized spacial score (nSPS) is 20.5. The number of thiazole rings is 1. The van der Waals surface area contributed by atoms with Crippen LogP contribution in [0.25, 0.3) is 0 Å². The van der Waals surface area contributed by atoms with Gasteiger partial charge in [0.05, 0.1) is 12.6 Å². The second-order valence-electron chi connectivity index (χ2n) is 7.01. The van der Waals surface area contributed by atoms with Gasteiger partial charge in [-0.2, -0.15) is 0 Å². The number of hydrogen-bond acceptors (Lipinski definition) is 5. The summed E-state index contributed by atoms with van der Waals surface area (Å²) in [6.45, 7) is 10.2. The van der Waals surface area contributed by atoms with E-state index >= 15 is 0 Å². The molecule has 1 N–H and O–H groups in total. The van der Waals surface area contributed by atoms with Crippen molar-refractivity contribution in [2.75, 3.05) is 46.3 Å². The summed E-state index contributed by atoms with van der Waals surface area (Å²) in [6, 6.07) is -0.0245. The van der Waals surface area contributed by atoms with Gasteiger partial charge in [-0.25, -0.2) is 4.98 Å². The van der Waals surface area contributed by atoms with E-state index in [1.807, 2.05) is 25.8 Å². The summed E-state index contributed by atoms with van der Waals surface area (Å²) in [4.78, 5) is 28.1. The number of amides is 1. The summed E-state index contributed by atoms with van der Waals surface area (Å²) in [5, 5.41) is 6.55. The van der Waals surface area contributed by atoms with Gasteiger partial charge < -0.3 is 15.1 Å². The van der Waals surface area contributed by atoms with E-state index in [-0.39, 0.29) is 11.9 Å². The molecule has 26 heavy (non-hydrogen) atoms. The molecule has 0 aromatic carbocycles. The second kappa shape index (κ2) is 8.81. The molecule has 144 valence electrons. The fourth-order valence-electron chi connectivity index (χ4n) is 3.65. The largest absolute Gasteiger partial charge is 0.350 e. The van der Waals surface area contributed by atoms with Crippen molar-refractivity contribution >= 4 is 23.2 Å². The van der Waals surface area contributed by atoms with Crippen molar-refractivity contribution in [1.82, 2.24) is 25.0 Å². The maximum absolute atomic E-state index is 12.6. The average Bonchev–Trinajstić information content (AvgIpc) is 3.33. The van der Waals surface area contributed by atoms with Crippen LogP contribution in [0, 0.1) is 6.92 Å². The predicted molar refractivity (Wildman–Crippen MR) is 105 cm³/mol. The van der Waals surface area contributed by atoms with E-state index in [1.165, 1.54) is 0 Å². The Morgan fingerprint density at radius 1 is 1.23 bits per heavy atom. The highest BCUT2D eigenvalue weighted by Crippen LogP contribution is 2.14. The van der Waals surface area contributed by atoms with Crippen LogP contribution in [0.5, 0.6) is 0 Å². The van der Waals surface area contributed by atoms with Gasteiger partial charge in [0.25, 0.3) is 0 Å². The van der Waals surface area contributed by atoms with E-state index in [2.05, 4.69) is 30.5 Å². The quantitative estimate of drug-likeness (QED) is 0.629. The van der Waals surface area contributed by atoms with Gasteiger partial charge in [-0.1, -0.05) is 0 Å². The van der Waals surface area contributed by atoms with E-state index in [0.717, 1.165) is 68.8 Å². The first-order valence-electron chi connectivity index (χ1n) is 9.48. The van der Waals surface area contributed by atoms with Crippen molar-refractivity contribution in [3.8, 4) is 0 Å². The van der Waals surface area contributed by atoms with E-state index in [4.69, 9.17) is 0 Å². The Balaban J connectivity index is 1.47. The highest BCUT2D eigenvalue weighted by Gasteiger charge is 2.30. The maximum Gasteiger partial charge on any atom is 0.239 e. The summed E-state index contributed by atoms with van der Waals surface area (Å²) in [5.74, 6) is 1.20. The third kappa shape index (κ3) is 4.54. The number of hydrogen-bond donors (Lipinski definition) is 1. The fourth-order valence-corrected chi connectivity index (χ4v) is 4.36. The third-order valence-corrected chi connectivity index (χ3v) is 6.18. The molecule has 8 heteroatoms. The first-order chi connectivity index (χ1) is 12.6. The van der Waals surface area contributed by atoms with Crippen LogP contribution in [0.15, 0.2) is 10.4 Å². The number of nitrogens with one attached hydrogen (secondary N) is 1. The van der Waals surface area contributed by atoms with Gasteiger partial charge in [0, 0.05) is 57.4 Å². The monoisotopic (exact) mass is 378 g/mol. The fraction of sp³-hybridized carbons (Fsp3) is 0.722. The van der Waals surface area contributed by atoms with Crippen molar-refractivity contribution in [3.63, 3.8) is 0 Å². The summed E-state index contributed by atoms with van der Waals surface area (Å²) in [7, 11) is 1.82. The Morgan fingerprint density at radius 2 is 1.92 bits per heavy atom. The van der Waals surface area contributed by atoms with Gasteiger partial charge in [-0.05, 0) is 26.7 Å². The lowest BCUT2D eigenvalue weighted by Crippen LogP contribution is -2.57. The zero-order valence-corrected chi connectivity index (χ0v) is 16.9. The highest BCUT2D eigenvalue weighted by molar-refractivity contribution is 7.09. The SMILES string of the molecule is CN=C(NCc1nc(C)cs1)N1CCN(C(C)C(=O)N2CCCC2)CC1. The standard InChI is InChI=1S/C18H30N6OS/c1-14-13-26-16(21-14)12-20-18(19-3)24-10-8-22(9-11-24)15(2)17(25)23-6-4-5-7-23/h13,15H,4-12H2,1-3H3,(H,19,20). The lowest BCUT2D eigenvalue weighted by Gasteiger charge is -2.39. The van der Waals surface area contributed by atoms with Crippen LogP contribution in [0.1, 0.15) is 30.5 Å². The van der Waals surface area contributed by atoms with Crippen molar-refractivity contribution < 1.29 is 4.79 Å². The minimum atomic E-state index is -0.0245. The number of likely N-dealkylation sites (tertiary alicyclic amines) is 1. The molecule has 0 aliphatic carbocycles. The van der Waals surface area contributed by atoms with Gasteiger partial charge in [0.2, 0.25) is 5.91 Å².